The van der Waals surface area contributed by atoms with E-state index in [2.05, 4.69) is 5.32 Å². The molecule has 0 aromatic rings. The van der Waals surface area contributed by atoms with Crippen molar-refractivity contribution in [3.63, 3.8) is 0 Å². The maximum atomic E-state index is 11.5. The maximum Gasteiger partial charge on any atom is 0.221 e. The number of aliphatic hydroxyl groups is 2. The fourth-order valence-corrected chi connectivity index (χ4v) is 1.74. The van der Waals surface area contributed by atoms with E-state index in [4.69, 9.17) is 9.84 Å². The van der Waals surface area contributed by atoms with Crippen molar-refractivity contribution in [3.8, 4) is 0 Å². The standard InChI is InChI=1S/C9H11NO5/c1-4(12)10-5-2-6(13)9(3-11)8(15-9)7(5)14/h2,7-8,11,14H,3H2,1H3,(H,10,12)/t7-,8+,9-/m0/s1. The van der Waals surface area contributed by atoms with Gasteiger partial charge in [0.25, 0.3) is 0 Å². The van der Waals surface area contributed by atoms with E-state index < -0.39 is 30.2 Å². The summed E-state index contributed by atoms with van der Waals surface area (Å²) < 4.78 is 5.00. The van der Waals surface area contributed by atoms with Crippen molar-refractivity contribution in [1.29, 1.82) is 0 Å². The summed E-state index contributed by atoms with van der Waals surface area (Å²) in [5, 5.41) is 21.0. The van der Waals surface area contributed by atoms with Gasteiger partial charge in [0.05, 0.1) is 12.3 Å². The number of carbonyl (C=O) groups excluding carboxylic acids is 2. The second-order valence-corrected chi connectivity index (χ2v) is 3.68. The highest BCUT2D eigenvalue weighted by atomic mass is 16.6. The Kier molecular flexibility index (Phi) is 2.14. The zero-order valence-electron chi connectivity index (χ0n) is 8.06. The number of aliphatic hydroxyl groups excluding tert-OH is 2. The average Bonchev–Trinajstić information content (AvgIpc) is 2.89. The highest BCUT2D eigenvalue weighted by molar-refractivity contribution is 6.02. The normalized spacial score (nSPS) is 38.1. The summed E-state index contributed by atoms with van der Waals surface area (Å²) in [4.78, 5) is 22.3. The van der Waals surface area contributed by atoms with Crippen LogP contribution in [0, 0.1) is 0 Å². The van der Waals surface area contributed by atoms with Crippen LogP contribution in [0.4, 0.5) is 0 Å². The Balaban J connectivity index is 2.23. The number of hydrogen-bond donors (Lipinski definition) is 3. The van der Waals surface area contributed by atoms with Gasteiger partial charge >= 0.3 is 0 Å². The van der Waals surface area contributed by atoms with Gasteiger partial charge in [-0.25, -0.2) is 0 Å². The van der Waals surface area contributed by atoms with Crippen molar-refractivity contribution in [3.05, 3.63) is 11.8 Å². The summed E-state index contributed by atoms with van der Waals surface area (Å²) in [6, 6.07) is 0. The number of amides is 1. The molecule has 0 aromatic heterocycles. The van der Waals surface area contributed by atoms with Gasteiger partial charge in [0, 0.05) is 13.0 Å². The van der Waals surface area contributed by atoms with Gasteiger partial charge < -0.3 is 20.3 Å². The molecule has 15 heavy (non-hydrogen) atoms. The number of hydrogen-bond acceptors (Lipinski definition) is 5. The Morgan fingerprint density at radius 1 is 1.73 bits per heavy atom. The van der Waals surface area contributed by atoms with E-state index in [1.54, 1.807) is 0 Å². The summed E-state index contributed by atoms with van der Waals surface area (Å²) >= 11 is 0. The highest BCUT2D eigenvalue weighted by Crippen LogP contribution is 2.44. The predicted molar refractivity (Wildman–Crippen MR) is 47.6 cm³/mol. The molecular formula is C9H11NO5. The molecule has 2 aliphatic rings. The third-order valence-electron chi connectivity index (χ3n) is 2.60. The summed E-state index contributed by atoms with van der Waals surface area (Å²) in [6.45, 7) is 0.817. The molecule has 6 nitrogen and oxygen atoms in total. The van der Waals surface area contributed by atoms with Crippen LogP contribution in [-0.4, -0.2) is 46.3 Å². The van der Waals surface area contributed by atoms with Gasteiger partial charge in [0.2, 0.25) is 5.91 Å². The average molecular weight is 213 g/mol. The number of carbonyl (C=O) groups is 2. The van der Waals surface area contributed by atoms with E-state index in [1.807, 2.05) is 0 Å². The van der Waals surface area contributed by atoms with Crippen LogP contribution < -0.4 is 5.32 Å². The van der Waals surface area contributed by atoms with Crippen molar-refractivity contribution < 1.29 is 24.5 Å². The number of fused-ring (bicyclic) bond motifs is 1. The zero-order chi connectivity index (χ0) is 11.2. The molecule has 1 aliphatic carbocycles. The first-order valence-corrected chi connectivity index (χ1v) is 4.51. The lowest BCUT2D eigenvalue weighted by molar-refractivity contribution is -0.121. The molecule has 1 heterocycles. The number of nitrogens with one attached hydrogen (secondary N) is 1. The minimum Gasteiger partial charge on any atom is -0.393 e. The number of ketones is 1. The quantitative estimate of drug-likeness (QED) is 0.464. The fourth-order valence-electron chi connectivity index (χ4n) is 1.74. The van der Waals surface area contributed by atoms with Crippen LogP contribution in [-0.2, 0) is 14.3 Å². The first-order valence-electron chi connectivity index (χ1n) is 4.51. The second-order valence-electron chi connectivity index (χ2n) is 3.68. The Hall–Kier alpha value is -1.24. The van der Waals surface area contributed by atoms with E-state index in [1.165, 1.54) is 6.92 Å². The molecule has 3 atom stereocenters. The van der Waals surface area contributed by atoms with Crippen LogP contribution in [0.25, 0.3) is 0 Å². The molecule has 0 aromatic carbocycles. The Bertz CT molecular complexity index is 364. The number of ether oxygens (including phenoxy) is 1. The van der Waals surface area contributed by atoms with Gasteiger partial charge in [-0.3, -0.25) is 9.59 Å². The molecule has 1 saturated heterocycles. The topological polar surface area (TPSA) is 99.2 Å². The molecule has 0 radical (unpaired) electrons. The summed E-state index contributed by atoms with van der Waals surface area (Å²) in [7, 11) is 0. The lowest BCUT2D eigenvalue weighted by Gasteiger charge is -2.19. The monoisotopic (exact) mass is 213 g/mol. The van der Waals surface area contributed by atoms with Gasteiger partial charge in [-0.2, -0.15) is 0 Å². The zero-order valence-corrected chi connectivity index (χ0v) is 8.06. The largest absolute Gasteiger partial charge is 0.393 e. The summed E-state index contributed by atoms with van der Waals surface area (Å²) in [5.74, 6) is -0.797. The van der Waals surface area contributed by atoms with Gasteiger partial charge in [0.15, 0.2) is 11.4 Å². The smallest absolute Gasteiger partial charge is 0.221 e. The van der Waals surface area contributed by atoms with Crippen LogP contribution in [0.15, 0.2) is 11.8 Å². The van der Waals surface area contributed by atoms with Crippen molar-refractivity contribution in [2.24, 2.45) is 0 Å². The lowest BCUT2D eigenvalue weighted by Crippen LogP contribution is -2.43. The molecule has 0 spiro atoms. The van der Waals surface area contributed by atoms with E-state index in [9.17, 15) is 14.7 Å². The van der Waals surface area contributed by atoms with Crippen LogP contribution in [0.3, 0.4) is 0 Å². The Morgan fingerprint density at radius 2 is 2.40 bits per heavy atom. The van der Waals surface area contributed by atoms with Crippen molar-refractivity contribution in [2.45, 2.75) is 24.7 Å². The van der Waals surface area contributed by atoms with Crippen LogP contribution in [0.2, 0.25) is 0 Å². The molecular weight excluding hydrogens is 202 g/mol. The molecule has 2 rings (SSSR count). The molecule has 82 valence electrons. The maximum absolute atomic E-state index is 11.5. The van der Waals surface area contributed by atoms with Crippen molar-refractivity contribution >= 4 is 11.7 Å². The molecule has 0 bridgehead atoms. The molecule has 3 N–H and O–H groups in total. The lowest BCUT2D eigenvalue weighted by atomic mass is 9.90. The van der Waals surface area contributed by atoms with Crippen LogP contribution in [0.5, 0.6) is 0 Å². The molecule has 0 saturated carbocycles. The molecule has 1 aliphatic heterocycles. The minimum atomic E-state index is -1.28. The van der Waals surface area contributed by atoms with Crippen molar-refractivity contribution in [1.82, 2.24) is 5.32 Å². The SMILES string of the molecule is CC(=O)NC1=CC(=O)[C@]2(CO)O[C@@H]2[C@H]1O. The fraction of sp³-hybridized carbons (Fsp3) is 0.556. The first-order chi connectivity index (χ1) is 7.01. The second kappa shape index (κ2) is 3.13. The first kappa shape index (κ1) is 10.3. The molecule has 0 unspecified atom stereocenters. The van der Waals surface area contributed by atoms with E-state index in [0.717, 1.165) is 6.08 Å². The Labute approximate surface area is 85.5 Å². The summed E-state index contributed by atoms with van der Waals surface area (Å²) in [6.07, 6.45) is -0.716. The van der Waals surface area contributed by atoms with Crippen LogP contribution in [0.1, 0.15) is 6.92 Å². The summed E-state index contributed by atoms with van der Waals surface area (Å²) in [5.41, 5.74) is -1.15. The third-order valence-corrected chi connectivity index (χ3v) is 2.60. The minimum absolute atomic E-state index is 0.124. The Morgan fingerprint density at radius 3 is 2.93 bits per heavy atom. The van der Waals surface area contributed by atoms with E-state index in [-0.39, 0.29) is 11.6 Å². The number of epoxide rings is 1. The van der Waals surface area contributed by atoms with Gasteiger partial charge in [0.1, 0.15) is 12.2 Å². The molecule has 1 amide bonds. The van der Waals surface area contributed by atoms with Gasteiger partial charge in [-0.15, -0.1) is 0 Å². The van der Waals surface area contributed by atoms with Gasteiger partial charge in [-0.05, 0) is 0 Å². The van der Waals surface area contributed by atoms with Gasteiger partial charge in [-0.1, -0.05) is 0 Å². The van der Waals surface area contributed by atoms with Crippen LogP contribution >= 0.6 is 0 Å². The number of rotatable bonds is 2. The van der Waals surface area contributed by atoms with E-state index >= 15 is 0 Å². The molecule has 6 heteroatoms. The van der Waals surface area contributed by atoms with E-state index in [0.29, 0.717) is 0 Å². The molecule has 1 fully saturated rings. The predicted octanol–water partition coefficient (Wildman–Crippen LogP) is -1.92. The van der Waals surface area contributed by atoms with Crippen molar-refractivity contribution in [2.75, 3.05) is 6.61 Å². The third kappa shape index (κ3) is 1.38. The highest BCUT2D eigenvalue weighted by Gasteiger charge is 2.67.